The molecule has 7 nitrogen and oxygen atoms in total. The molecule has 0 atom stereocenters. The minimum absolute atomic E-state index is 0.000234. The van der Waals surface area contributed by atoms with E-state index in [1.807, 2.05) is 37.3 Å². The van der Waals surface area contributed by atoms with Crippen LogP contribution in [0.5, 0.6) is 0 Å². The molecule has 164 valence electrons. The van der Waals surface area contributed by atoms with Gasteiger partial charge in [-0.3, -0.25) is 9.59 Å². The van der Waals surface area contributed by atoms with Crippen molar-refractivity contribution in [1.82, 2.24) is 14.7 Å². The van der Waals surface area contributed by atoms with Gasteiger partial charge < -0.3 is 15.0 Å². The second-order valence-electron chi connectivity index (χ2n) is 8.48. The van der Waals surface area contributed by atoms with Gasteiger partial charge in [0, 0.05) is 38.2 Å². The molecule has 0 aliphatic heterocycles. The lowest BCUT2D eigenvalue weighted by Crippen LogP contribution is -2.38. The van der Waals surface area contributed by atoms with Gasteiger partial charge >= 0.3 is 0 Å². The first-order chi connectivity index (χ1) is 14.2. The predicted octanol–water partition coefficient (Wildman–Crippen LogP) is 3.69. The monoisotopic (exact) mass is 414 g/mol. The number of ether oxygens (including phenoxy) is 1. The van der Waals surface area contributed by atoms with Gasteiger partial charge in [0.15, 0.2) is 0 Å². The fraction of sp³-hybridized carbons (Fsp3) is 0.522. The summed E-state index contributed by atoms with van der Waals surface area (Å²) in [6.45, 7) is 11.1. The summed E-state index contributed by atoms with van der Waals surface area (Å²) in [6.07, 6.45) is 1.04. The van der Waals surface area contributed by atoms with Gasteiger partial charge in [0.05, 0.1) is 17.9 Å². The van der Waals surface area contributed by atoms with Gasteiger partial charge in [-0.05, 0) is 31.0 Å². The lowest BCUT2D eigenvalue weighted by molar-refractivity contribution is -0.134. The van der Waals surface area contributed by atoms with Gasteiger partial charge in [0.2, 0.25) is 11.8 Å². The molecule has 0 saturated heterocycles. The van der Waals surface area contributed by atoms with Crippen LogP contribution in [0.2, 0.25) is 0 Å². The van der Waals surface area contributed by atoms with Crippen molar-refractivity contribution < 1.29 is 14.3 Å². The topological polar surface area (TPSA) is 76.5 Å². The summed E-state index contributed by atoms with van der Waals surface area (Å²) in [5.74, 6) is 0.295. The van der Waals surface area contributed by atoms with E-state index in [4.69, 9.17) is 9.84 Å². The van der Waals surface area contributed by atoms with Crippen LogP contribution in [0.15, 0.2) is 30.3 Å². The summed E-state index contributed by atoms with van der Waals surface area (Å²) in [5.41, 5.74) is 2.69. The number of hydrogen-bond acceptors (Lipinski definition) is 4. The van der Waals surface area contributed by atoms with Crippen molar-refractivity contribution in [3.05, 3.63) is 41.6 Å². The van der Waals surface area contributed by atoms with Crippen molar-refractivity contribution in [3.63, 3.8) is 0 Å². The van der Waals surface area contributed by atoms with Crippen LogP contribution in [0.1, 0.15) is 51.8 Å². The summed E-state index contributed by atoms with van der Waals surface area (Å²) in [5, 5.41) is 7.70. The first-order valence-corrected chi connectivity index (χ1v) is 10.4. The Balaban J connectivity index is 2.26. The second-order valence-corrected chi connectivity index (χ2v) is 8.48. The highest BCUT2D eigenvalue weighted by Crippen LogP contribution is 2.26. The van der Waals surface area contributed by atoms with Crippen LogP contribution in [-0.2, 0) is 19.7 Å². The van der Waals surface area contributed by atoms with Crippen molar-refractivity contribution in [2.45, 2.75) is 52.9 Å². The Kier molecular flexibility index (Phi) is 8.17. The van der Waals surface area contributed by atoms with Crippen molar-refractivity contribution in [1.29, 1.82) is 0 Å². The number of hydrogen-bond donors (Lipinski definition) is 1. The molecule has 2 rings (SSSR count). The number of carbonyl (C=O) groups excluding carboxylic acids is 2. The quantitative estimate of drug-likeness (QED) is 0.635. The Hall–Kier alpha value is -2.67. The number of nitrogens with one attached hydrogen (secondary N) is 1. The van der Waals surface area contributed by atoms with E-state index >= 15 is 0 Å². The van der Waals surface area contributed by atoms with Crippen molar-refractivity contribution in [3.8, 4) is 5.69 Å². The van der Waals surface area contributed by atoms with E-state index in [0.29, 0.717) is 31.8 Å². The van der Waals surface area contributed by atoms with Gasteiger partial charge in [0.25, 0.3) is 0 Å². The Morgan fingerprint density at radius 1 is 1.23 bits per heavy atom. The third-order valence-corrected chi connectivity index (χ3v) is 4.76. The molecule has 7 heteroatoms. The maximum atomic E-state index is 12.8. The molecule has 0 radical (unpaired) electrons. The summed E-state index contributed by atoms with van der Waals surface area (Å²) in [6, 6.07) is 9.86. The van der Waals surface area contributed by atoms with E-state index < -0.39 is 0 Å². The molecule has 30 heavy (non-hydrogen) atoms. The third-order valence-electron chi connectivity index (χ3n) is 4.76. The smallest absolute Gasteiger partial charge is 0.245 e. The van der Waals surface area contributed by atoms with Gasteiger partial charge in [-0.25, -0.2) is 4.68 Å². The van der Waals surface area contributed by atoms with Crippen LogP contribution >= 0.6 is 0 Å². The van der Waals surface area contributed by atoms with Crippen molar-refractivity contribution in [2.75, 3.05) is 32.1 Å². The summed E-state index contributed by atoms with van der Waals surface area (Å²) < 4.78 is 6.82. The normalized spacial score (nSPS) is 11.4. The number of anilines is 1. The first kappa shape index (κ1) is 23.6. The zero-order valence-electron chi connectivity index (χ0n) is 19.0. The standard InChI is InChI=1S/C23H34N4O3/c1-7-22(29)26(12-9-13-30-6)16-21(28)24-20-15-19(23(3,4)5)25-27(20)18-11-8-10-17(2)14-18/h8,10-11,14-15H,7,9,12-13,16H2,1-6H3,(H,24,28). The number of amides is 2. The SMILES string of the molecule is CCC(=O)N(CCCOC)CC(=O)Nc1cc(C(C)(C)C)nn1-c1cccc(C)c1. The average molecular weight is 415 g/mol. The fourth-order valence-electron chi connectivity index (χ4n) is 3.06. The molecule has 1 aromatic carbocycles. The van der Waals surface area contributed by atoms with Crippen molar-refractivity contribution in [2.24, 2.45) is 0 Å². The van der Waals surface area contributed by atoms with Gasteiger partial charge in [-0.1, -0.05) is 39.8 Å². The van der Waals surface area contributed by atoms with E-state index in [9.17, 15) is 9.59 Å². The predicted molar refractivity (Wildman–Crippen MR) is 119 cm³/mol. The van der Waals surface area contributed by atoms with Gasteiger partial charge in [-0.2, -0.15) is 5.10 Å². The third kappa shape index (κ3) is 6.42. The maximum absolute atomic E-state index is 12.8. The van der Waals surface area contributed by atoms with E-state index in [1.54, 1.807) is 23.6 Å². The molecule has 0 unspecified atom stereocenters. The highest BCUT2D eigenvalue weighted by molar-refractivity contribution is 5.94. The minimum Gasteiger partial charge on any atom is -0.385 e. The molecule has 0 fully saturated rings. The minimum atomic E-state index is -0.247. The van der Waals surface area contributed by atoms with Crippen LogP contribution in [0, 0.1) is 6.92 Å². The molecule has 2 aromatic rings. The average Bonchev–Trinajstić information content (AvgIpc) is 3.11. The molecule has 1 N–H and O–H groups in total. The van der Waals surface area contributed by atoms with Crippen molar-refractivity contribution >= 4 is 17.6 Å². The molecular weight excluding hydrogens is 380 g/mol. The van der Waals surface area contributed by atoms with E-state index in [1.165, 1.54) is 0 Å². The number of nitrogens with zero attached hydrogens (tertiary/aromatic N) is 3. The number of benzene rings is 1. The van der Waals surface area contributed by atoms with Gasteiger partial charge in [-0.15, -0.1) is 0 Å². The Morgan fingerprint density at radius 2 is 1.97 bits per heavy atom. The highest BCUT2D eigenvalue weighted by atomic mass is 16.5. The fourth-order valence-corrected chi connectivity index (χ4v) is 3.06. The maximum Gasteiger partial charge on any atom is 0.245 e. The summed E-state index contributed by atoms with van der Waals surface area (Å²) >= 11 is 0. The van der Waals surface area contributed by atoms with E-state index in [2.05, 4.69) is 26.1 Å². The Morgan fingerprint density at radius 3 is 2.57 bits per heavy atom. The molecule has 0 aliphatic carbocycles. The molecule has 2 amide bonds. The lowest BCUT2D eigenvalue weighted by atomic mass is 9.92. The second kappa shape index (κ2) is 10.4. The van der Waals surface area contributed by atoms with Crippen LogP contribution < -0.4 is 5.32 Å². The van der Waals surface area contributed by atoms with E-state index in [-0.39, 0.29) is 23.8 Å². The summed E-state index contributed by atoms with van der Waals surface area (Å²) in [7, 11) is 1.62. The number of carbonyl (C=O) groups is 2. The summed E-state index contributed by atoms with van der Waals surface area (Å²) in [4.78, 5) is 26.6. The number of aryl methyl sites for hydroxylation is 1. The first-order valence-electron chi connectivity index (χ1n) is 10.4. The van der Waals surface area contributed by atoms with E-state index in [0.717, 1.165) is 16.9 Å². The molecule has 0 saturated carbocycles. The zero-order chi connectivity index (χ0) is 22.3. The molecule has 1 heterocycles. The number of methoxy groups -OCH3 is 1. The molecular formula is C23H34N4O3. The lowest BCUT2D eigenvalue weighted by Gasteiger charge is -2.21. The molecule has 0 spiro atoms. The largest absolute Gasteiger partial charge is 0.385 e. The number of aromatic nitrogens is 2. The highest BCUT2D eigenvalue weighted by Gasteiger charge is 2.22. The zero-order valence-corrected chi connectivity index (χ0v) is 19.0. The van der Waals surface area contributed by atoms with Gasteiger partial charge in [0.1, 0.15) is 5.82 Å². The molecule has 0 aliphatic rings. The van der Waals surface area contributed by atoms with Crippen LogP contribution in [0.25, 0.3) is 5.69 Å². The molecule has 1 aromatic heterocycles. The number of rotatable bonds is 9. The Bertz CT molecular complexity index is 868. The van der Waals surface area contributed by atoms with Crippen LogP contribution in [-0.4, -0.2) is 53.3 Å². The van der Waals surface area contributed by atoms with Crippen LogP contribution in [0.3, 0.4) is 0 Å². The van der Waals surface area contributed by atoms with Crippen LogP contribution in [0.4, 0.5) is 5.82 Å². The Labute approximate surface area is 179 Å². The molecule has 0 bridgehead atoms.